The minimum atomic E-state index is -2.87. The Morgan fingerprint density at radius 1 is 0.632 bits per heavy atom. The number of hydrogen-bond donors (Lipinski definition) is 0. The van der Waals surface area contributed by atoms with Gasteiger partial charge in [0.25, 0.3) is 6.43 Å². The van der Waals surface area contributed by atoms with E-state index in [1.54, 1.807) is 12.1 Å². The highest BCUT2D eigenvalue weighted by molar-refractivity contribution is 5.74. The van der Waals surface area contributed by atoms with Gasteiger partial charge in [0.2, 0.25) is 0 Å². The molecule has 0 spiro atoms. The fourth-order valence-corrected chi connectivity index (χ4v) is 4.07. The number of rotatable bonds is 8. The Bertz CT molecular complexity index is 1470. The second-order valence-electron chi connectivity index (χ2n) is 8.50. The lowest BCUT2D eigenvalue weighted by molar-refractivity contribution is 0.200. The fourth-order valence-electron chi connectivity index (χ4n) is 4.07. The average Bonchev–Trinajstić information content (AvgIpc) is 2.85. The summed E-state index contributed by atoms with van der Waals surface area (Å²) in [5.74, 6) is -5.42. The first-order valence-corrected chi connectivity index (χ1v) is 11.7. The normalized spacial score (nSPS) is 11.5. The molecule has 4 aromatic carbocycles. The zero-order valence-corrected chi connectivity index (χ0v) is 20.1. The Labute approximate surface area is 214 Å². The van der Waals surface area contributed by atoms with E-state index in [0.29, 0.717) is 17.9 Å². The van der Waals surface area contributed by atoms with Crippen LogP contribution in [0.3, 0.4) is 0 Å². The number of ether oxygens (including phenoxy) is 1. The number of allylic oxidation sites excluding steroid dienone is 1. The van der Waals surface area contributed by atoms with Gasteiger partial charge in [-0.3, -0.25) is 0 Å². The lowest BCUT2D eigenvalue weighted by Crippen LogP contribution is -1.96. The number of aryl methyl sites for hydroxylation is 1. The molecular weight excluding hydrogens is 509 g/mol. The van der Waals surface area contributed by atoms with Crippen molar-refractivity contribution in [2.45, 2.75) is 26.2 Å². The number of hydrogen-bond acceptors (Lipinski definition) is 1. The molecule has 196 valence electrons. The predicted octanol–water partition coefficient (Wildman–Crippen LogP) is 9.49. The summed E-state index contributed by atoms with van der Waals surface area (Å²) in [5.41, 5.74) is 1.26. The first-order chi connectivity index (χ1) is 18.2. The summed E-state index contributed by atoms with van der Waals surface area (Å²) in [6, 6.07) is 14.1. The molecule has 0 amide bonds. The Morgan fingerprint density at radius 2 is 1.11 bits per heavy atom. The summed E-state index contributed by atoms with van der Waals surface area (Å²) in [4.78, 5) is 0. The predicted molar refractivity (Wildman–Crippen MR) is 132 cm³/mol. The van der Waals surface area contributed by atoms with Crippen molar-refractivity contribution in [2.75, 3.05) is 0 Å². The van der Waals surface area contributed by atoms with Crippen LogP contribution < -0.4 is 4.74 Å². The minimum absolute atomic E-state index is 0.0501. The summed E-state index contributed by atoms with van der Waals surface area (Å²) in [6.07, 6.45) is -0.523. The van der Waals surface area contributed by atoms with E-state index >= 15 is 0 Å². The molecule has 0 bridgehead atoms. The second-order valence-corrected chi connectivity index (χ2v) is 8.50. The van der Waals surface area contributed by atoms with Crippen molar-refractivity contribution in [3.63, 3.8) is 0 Å². The molecule has 8 heteroatoms. The van der Waals surface area contributed by atoms with Crippen LogP contribution in [0.2, 0.25) is 0 Å². The molecule has 0 aliphatic rings. The largest absolute Gasteiger partial charge is 0.459 e. The minimum Gasteiger partial charge on any atom is -0.459 e. The van der Waals surface area contributed by atoms with Crippen LogP contribution >= 0.6 is 0 Å². The van der Waals surface area contributed by atoms with Crippen LogP contribution in [0.1, 0.15) is 18.9 Å². The van der Waals surface area contributed by atoms with Crippen LogP contribution in [0, 0.1) is 29.1 Å². The van der Waals surface area contributed by atoms with Gasteiger partial charge in [-0.2, -0.15) is 0 Å². The van der Waals surface area contributed by atoms with E-state index in [1.165, 1.54) is 30.3 Å². The summed E-state index contributed by atoms with van der Waals surface area (Å²) >= 11 is 0. The van der Waals surface area contributed by atoms with E-state index in [4.69, 9.17) is 0 Å². The van der Waals surface area contributed by atoms with Crippen LogP contribution in [0.4, 0.5) is 30.7 Å². The first kappa shape index (κ1) is 27.0. The third-order valence-electron chi connectivity index (χ3n) is 5.85. The molecule has 0 saturated heterocycles. The van der Waals surface area contributed by atoms with Crippen LogP contribution in [0.25, 0.3) is 33.4 Å². The standard InChI is InChI=1S/C30H21F7O/c1-2-3-17-4-7-21(24(31)12-17)18-5-8-22(25(32)13-18)19-6-9-23(26(33)14-19)20-15-27(34)30(28(35)16-20)38-11-10-29(36)37/h4-16,29H,2-3H2,1H3/b11-10+. The Hall–Kier alpha value is -4.07. The van der Waals surface area contributed by atoms with Crippen LogP contribution in [0.5, 0.6) is 5.75 Å². The van der Waals surface area contributed by atoms with E-state index in [1.807, 2.05) is 6.92 Å². The van der Waals surface area contributed by atoms with Gasteiger partial charge in [-0.05, 0) is 59.0 Å². The van der Waals surface area contributed by atoms with E-state index in [2.05, 4.69) is 4.74 Å². The molecule has 0 fully saturated rings. The van der Waals surface area contributed by atoms with Crippen molar-refractivity contribution in [1.82, 2.24) is 0 Å². The lowest BCUT2D eigenvalue weighted by atomic mass is 9.96. The van der Waals surface area contributed by atoms with Gasteiger partial charge in [0.05, 0.1) is 6.26 Å². The summed E-state index contributed by atoms with van der Waals surface area (Å²) in [5, 5.41) is 0. The Morgan fingerprint density at radius 3 is 1.58 bits per heavy atom. The van der Waals surface area contributed by atoms with Crippen molar-refractivity contribution in [1.29, 1.82) is 0 Å². The van der Waals surface area contributed by atoms with Crippen LogP contribution in [0.15, 0.2) is 79.1 Å². The smallest absolute Gasteiger partial charge is 0.260 e. The van der Waals surface area contributed by atoms with Gasteiger partial charge in [-0.1, -0.05) is 49.7 Å². The topological polar surface area (TPSA) is 9.23 Å². The molecule has 0 saturated carbocycles. The number of alkyl halides is 2. The SMILES string of the molecule is CCCc1ccc(-c2ccc(-c3ccc(-c4cc(F)c(O/C=C/C(F)F)c(F)c4)c(F)c3)c(F)c2)c(F)c1. The summed E-state index contributed by atoms with van der Waals surface area (Å²) < 4.78 is 102. The van der Waals surface area contributed by atoms with Gasteiger partial charge in [-0.25, -0.2) is 30.7 Å². The van der Waals surface area contributed by atoms with Crippen molar-refractivity contribution in [3.05, 3.63) is 114 Å². The third-order valence-corrected chi connectivity index (χ3v) is 5.85. The zero-order valence-electron chi connectivity index (χ0n) is 20.1. The van der Waals surface area contributed by atoms with E-state index in [9.17, 15) is 30.7 Å². The molecule has 0 aliphatic carbocycles. The zero-order chi connectivity index (χ0) is 27.4. The van der Waals surface area contributed by atoms with Gasteiger partial charge in [0.15, 0.2) is 17.4 Å². The van der Waals surface area contributed by atoms with Crippen LogP contribution in [-0.2, 0) is 6.42 Å². The van der Waals surface area contributed by atoms with Crippen LogP contribution in [-0.4, -0.2) is 6.43 Å². The Kier molecular flexibility index (Phi) is 8.20. The van der Waals surface area contributed by atoms with Gasteiger partial charge < -0.3 is 4.74 Å². The highest BCUT2D eigenvalue weighted by Crippen LogP contribution is 2.34. The molecule has 0 aliphatic heterocycles. The monoisotopic (exact) mass is 530 g/mol. The average molecular weight is 530 g/mol. The van der Waals surface area contributed by atoms with E-state index < -0.39 is 41.3 Å². The lowest BCUT2D eigenvalue weighted by Gasteiger charge is -2.11. The van der Waals surface area contributed by atoms with Crippen molar-refractivity contribution in [2.24, 2.45) is 0 Å². The van der Waals surface area contributed by atoms with Gasteiger partial charge >= 0.3 is 0 Å². The maximum Gasteiger partial charge on any atom is 0.260 e. The highest BCUT2D eigenvalue weighted by Gasteiger charge is 2.17. The summed E-state index contributed by atoms with van der Waals surface area (Å²) in [7, 11) is 0. The molecule has 38 heavy (non-hydrogen) atoms. The number of halogens is 7. The van der Waals surface area contributed by atoms with Gasteiger partial charge in [0, 0.05) is 22.8 Å². The van der Waals surface area contributed by atoms with E-state index in [0.717, 1.165) is 42.7 Å². The van der Waals surface area contributed by atoms with Crippen molar-refractivity contribution in [3.8, 4) is 39.1 Å². The highest BCUT2D eigenvalue weighted by atomic mass is 19.3. The van der Waals surface area contributed by atoms with E-state index in [-0.39, 0.29) is 27.8 Å². The van der Waals surface area contributed by atoms with Crippen molar-refractivity contribution >= 4 is 0 Å². The quantitative estimate of drug-likeness (QED) is 0.163. The maximum absolute atomic E-state index is 15.0. The van der Waals surface area contributed by atoms with Gasteiger partial charge in [-0.15, -0.1) is 0 Å². The van der Waals surface area contributed by atoms with Crippen molar-refractivity contribution < 1.29 is 35.5 Å². The fraction of sp³-hybridized carbons (Fsp3) is 0.133. The molecule has 0 radical (unpaired) electrons. The Balaban J connectivity index is 1.61. The van der Waals surface area contributed by atoms with Gasteiger partial charge in [0.1, 0.15) is 17.5 Å². The molecule has 1 nitrogen and oxygen atoms in total. The third kappa shape index (κ3) is 5.90. The molecule has 0 atom stereocenters. The maximum atomic E-state index is 15.0. The molecule has 4 rings (SSSR count). The second kappa shape index (κ2) is 11.5. The molecule has 0 N–H and O–H groups in total. The molecular formula is C30H21F7O. The molecule has 0 unspecified atom stereocenters. The molecule has 0 aromatic heterocycles. The molecule has 4 aromatic rings. The summed E-state index contributed by atoms with van der Waals surface area (Å²) in [6.45, 7) is 1.98. The molecule has 0 heterocycles. The number of benzene rings is 4. The first-order valence-electron chi connectivity index (χ1n) is 11.7.